The maximum absolute atomic E-state index is 8.93. The summed E-state index contributed by atoms with van der Waals surface area (Å²) in [4.78, 5) is 11.6. The number of pyridine rings is 1. The molecule has 80 valence electrons. The summed E-state index contributed by atoms with van der Waals surface area (Å²) in [5.41, 5.74) is 1.69. The lowest BCUT2D eigenvalue weighted by Crippen LogP contribution is -1.96. The fourth-order valence-electron chi connectivity index (χ4n) is 1.51. The van der Waals surface area contributed by atoms with Crippen molar-refractivity contribution in [3.63, 3.8) is 0 Å². The molecule has 0 saturated heterocycles. The summed E-state index contributed by atoms with van der Waals surface area (Å²) < 4.78 is 0. The van der Waals surface area contributed by atoms with Crippen molar-refractivity contribution in [3.05, 3.63) is 36.4 Å². The quantitative estimate of drug-likeness (QED) is 0.850. The number of hydrogen-bond acceptors (Lipinski definition) is 3. The molecule has 2 rings (SSSR count). The smallest absolute Gasteiger partial charge is 0.123 e. The van der Waals surface area contributed by atoms with Gasteiger partial charge in [0.2, 0.25) is 0 Å². The number of imidazole rings is 1. The van der Waals surface area contributed by atoms with Gasteiger partial charge in [-0.05, 0) is 18.6 Å². The monoisotopic (exact) mass is 212 g/mol. The Kier molecular flexibility index (Phi) is 2.97. The van der Waals surface area contributed by atoms with Gasteiger partial charge in [0.05, 0.1) is 23.7 Å². The highest BCUT2D eigenvalue weighted by Gasteiger charge is 2.12. The molecule has 2 heterocycles. The Balaban J connectivity index is 2.30. The lowest BCUT2D eigenvalue weighted by molar-refractivity contribution is 0.766. The Morgan fingerprint density at radius 2 is 2.31 bits per heavy atom. The molecule has 0 spiro atoms. The maximum atomic E-state index is 8.93. The Morgan fingerprint density at radius 1 is 1.44 bits per heavy atom. The predicted octanol–water partition coefficient (Wildman–Crippen LogP) is 2.49. The molecule has 4 nitrogen and oxygen atoms in total. The van der Waals surface area contributed by atoms with E-state index in [0.29, 0.717) is 5.82 Å². The van der Waals surface area contributed by atoms with Crippen LogP contribution in [0.5, 0.6) is 0 Å². The van der Waals surface area contributed by atoms with Gasteiger partial charge in [0.25, 0.3) is 0 Å². The van der Waals surface area contributed by atoms with Crippen LogP contribution in [0.1, 0.15) is 25.1 Å². The highest BCUT2D eigenvalue weighted by Crippen LogP contribution is 2.19. The normalized spacial score (nSPS) is 12.0. The van der Waals surface area contributed by atoms with Crippen LogP contribution in [-0.4, -0.2) is 15.0 Å². The number of nitrogens with zero attached hydrogens (tertiary/aromatic N) is 3. The van der Waals surface area contributed by atoms with Crippen molar-refractivity contribution >= 4 is 0 Å². The Labute approximate surface area is 94.0 Å². The SMILES string of the molecule is CCC(C#N)c1ncc(-c2ccccn2)[nH]1. The molecule has 0 aromatic carbocycles. The van der Waals surface area contributed by atoms with Crippen LogP contribution in [0.4, 0.5) is 0 Å². The van der Waals surface area contributed by atoms with Crippen LogP contribution < -0.4 is 0 Å². The number of aromatic amines is 1. The van der Waals surface area contributed by atoms with E-state index in [0.717, 1.165) is 17.8 Å². The summed E-state index contributed by atoms with van der Waals surface area (Å²) >= 11 is 0. The summed E-state index contributed by atoms with van der Waals surface area (Å²) in [6.07, 6.45) is 4.21. The third-order valence-corrected chi connectivity index (χ3v) is 2.43. The van der Waals surface area contributed by atoms with E-state index in [4.69, 9.17) is 5.26 Å². The molecule has 0 saturated carbocycles. The van der Waals surface area contributed by atoms with Gasteiger partial charge in [-0.3, -0.25) is 4.98 Å². The standard InChI is InChI=1S/C12H12N4/c1-2-9(7-13)12-15-8-11(16-12)10-5-3-4-6-14-10/h3-6,8-9H,2H2,1H3,(H,15,16). The fraction of sp³-hybridized carbons (Fsp3) is 0.250. The summed E-state index contributed by atoms with van der Waals surface area (Å²) in [5, 5.41) is 8.93. The van der Waals surface area contributed by atoms with Gasteiger partial charge in [-0.25, -0.2) is 4.98 Å². The second kappa shape index (κ2) is 4.58. The van der Waals surface area contributed by atoms with Gasteiger partial charge < -0.3 is 4.98 Å². The van der Waals surface area contributed by atoms with Crippen molar-refractivity contribution in [2.45, 2.75) is 19.3 Å². The third kappa shape index (κ3) is 1.94. The summed E-state index contributed by atoms with van der Waals surface area (Å²) in [7, 11) is 0. The first kappa shape index (κ1) is 10.4. The van der Waals surface area contributed by atoms with E-state index in [-0.39, 0.29) is 5.92 Å². The average molecular weight is 212 g/mol. The minimum Gasteiger partial charge on any atom is -0.340 e. The molecule has 0 aliphatic carbocycles. The molecule has 0 aliphatic rings. The summed E-state index contributed by atoms with van der Waals surface area (Å²) in [6.45, 7) is 1.97. The number of hydrogen-bond donors (Lipinski definition) is 1. The molecule has 0 radical (unpaired) electrons. The van der Waals surface area contributed by atoms with Crippen molar-refractivity contribution in [1.29, 1.82) is 5.26 Å². The minimum atomic E-state index is -0.169. The molecular weight excluding hydrogens is 200 g/mol. The summed E-state index contributed by atoms with van der Waals surface area (Å²) in [6, 6.07) is 7.91. The Hall–Kier alpha value is -2.15. The average Bonchev–Trinajstić information content (AvgIpc) is 2.81. The third-order valence-electron chi connectivity index (χ3n) is 2.43. The number of H-pyrrole nitrogens is 1. The van der Waals surface area contributed by atoms with E-state index >= 15 is 0 Å². The zero-order chi connectivity index (χ0) is 11.4. The molecule has 4 heteroatoms. The van der Waals surface area contributed by atoms with E-state index in [1.807, 2.05) is 25.1 Å². The van der Waals surface area contributed by atoms with E-state index in [2.05, 4.69) is 21.0 Å². The van der Waals surface area contributed by atoms with Crippen molar-refractivity contribution in [1.82, 2.24) is 15.0 Å². The lowest BCUT2D eigenvalue weighted by Gasteiger charge is -2.00. The first-order chi connectivity index (χ1) is 7.85. The molecule has 16 heavy (non-hydrogen) atoms. The molecule has 0 amide bonds. The predicted molar refractivity (Wildman–Crippen MR) is 60.5 cm³/mol. The maximum Gasteiger partial charge on any atom is 0.123 e. The van der Waals surface area contributed by atoms with E-state index in [1.165, 1.54) is 0 Å². The molecular formula is C12H12N4. The van der Waals surface area contributed by atoms with Crippen LogP contribution >= 0.6 is 0 Å². The molecule has 0 fully saturated rings. The van der Waals surface area contributed by atoms with E-state index < -0.39 is 0 Å². The minimum absolute atomic E-state index is 0.169. The van der Waals surface area contributed by atoms with Gasteiger partial charge in [-0.15, -0.1) is 0 Å². The zero-order valence-electron chi connectivity index (χ0n) is 9.01. The molecule has 0 aliphatic heterocycles. The highest BCUT2D eigenvalue weighted by molar-refractivity contribution is 5.52. The van der Waals surface area contributed by atoms with Gasteiger partial charge in [-0.2, -0.15) is 5.26 Å². The Morgan fingerprint density at radius 3 is 2.94 bits per heavy atom. The highest BCUT2D eigenvalue weighted by atomic mass is 14.9. The number of nitrogens with one attached hydrogen (secondary N) is 1. The van der Waals surface area contributed by atoms with Gasteiger partial charge >= 0.3 is 0 Å². The molecule has 2 aromatic rings. The molecule has 1 unspecified atom stereocenters. The lowest BCUT2D eigenvalue weighted by atomic mass is 10.1. The van der Waals surface area contributed by atoms with Gasteiger partial charge in [-0.1, -0.05) is 13.0 Å². The van der Waals surface area contributed by atoms with Crippen LogP contribution in [0.2, 0.25) is 0 Å². The van der Waals surface area contributed by atoms with Crippen LogP contribution in [0.3, 0.4) is 0 Å². The van der Waals surface area contributed by atoms with Gasteiger partial charge in [0, 0.05) is 6.20 Å². The molecule has 1 N–H and O–H groups in total. The zero-order valence-corrected chi connectivity index (χ0v) is 9.01. The summed E-state index contributed by atoms with van der Waals surface area (Å²) in [5.74, 6) is 0.545. The van der Waals surface area contributed by atoms with Crippen molar-refractivity contribution in [2.75, 3.05) is 0 Å². The van der Waals surface area contributed by atoms with E-state index in [1.54, 1.807) is 12.4 Å². The molecule has 0 bridgehead atoms. The van der Waals surface area contributed by atoms with Crippen molar-refractivity contribution in [2.24, 2.45) is 0 Å². The fourth-order valence-corrected chi connectivity index (χ4v) is 1.51. The second-order valence-corrected chi connectivity index (χ2v) is 3.49. The van der Waals surface area contributed by atoms with Crippen LogP contribution in [0.15, 0.2) is 30.6 Å². The van der Waals surface area contributed by atoms with Gasteiger partial charge in [0.15, 0.2) is 0 Å². The second-order valence-electron chi connectivity index (χ2n) is 3.49. The molecule has 1 atom stereocenters. The van der Waals surface area contributed by atoms with Gasteiger partial charge in [0.1, 0.15) is 11.7 Å². The van der Waals surface area contributed by atoms with Crippen molar-refractivity contribution in [3.8, 4) is 17.5 Å². The largest absolute Gasteiger partial charge is 0.340 e. The van der Waals surface area contributed by atoms with Crippen LogP contribution in [0, 0.1) is 11.3 Å². The first-order valence-electron chi connectivity index (χ1n) is 5.21. The first-order valence-corrected chi connectivity index (χ1v) is 5.21. The number of rotatable bonds is 3. The van der Waals surface area contributed by atoms with Crippen LogP contribution in [0.25, 0.3) is 11.4 Å². The molecule has 2 aromatic heterocycles. The topological polar surface area (TPSA) is 65.4 Å². The van der Waals surface area contributed by atoms with Crippen LogP contribution in [-0.2, 0) is 0 Å². The number of nitriles is 1. The number of aromatic nitrogens is 3. The van der Waals surface area contributed by atoms with E-state index in [9.17, 15) is 0 Å². The van der Waals surface area contributed by atoms with Crippen molar-refractivity contribution < 1.29 is 0 Å². The Bertz CT molecular complexity index is 495.